The molecule has 0 radical (unpaired) electrons. The van der Waals surface area contributed by atoms with Gasteiger partial charge in [0.1, 0.15) is 0 Å². The van der Waals surface area contributed by atoms with Crippen molar-refractivity contribution in [3.8, 4) is 5.88 Å². The van der Waals surface area contributed by atoms with Crippen LogP contribution in [0.2, 0.25) is 0 Å². The summed E-state index contributed by atoms with van der Waals surface area (Å²) in [5, 5.41) is 19.0. The molecule has 2 N–H and O–H groups in total. The fraction of sp³-hybridized carbons (Fsp3) is 0.125. The molecule has 1 aromatic heterocycles. The van der Waals surface area contributed by atoms with Crippen LogP contribution in [0.4, 0.5) is 5.69 Å². The van der Waals surface area contributed by atoms with E-state index in [-0.39, 0.29) is 23.1 Å². The maximum atomic E-state index is 13.0. The predicted octanol–water partition coefficient (Wildman–Crippen LogP) is 5.49. The summed E-state index contributed by atoms with van der Waals surface area (Å²) in [5.41, 5.74) is 2.88. The number of nitrogens with zero attached hydrogens (tertiary/aromatic N) is 2. The Morgan fingerprint density at radius 2 is 1.48 bits per heavy atom. The summed E-state index contributed by atoms with van der Waals surface area (Å²) in [6, 6.07) is 27.5. The minimum atomic E-state index is -0.374. The molecular weight excluding hydrogens is 362 g/mol. The number of para-hydroxylation sites is 1. The maximum absolute atomic E-state index is 13.0. The summed E-state index contributed by atoms with van der Waals surface area (Å²) < 4.78 is 0. The van der Waals surface area contributed by atoms with Gasteiger partial charge in [0.05, 0.1) is 11.4 Å². The molecule has 1 aliphatic carbocycles. The maximum Gasteiger partial charge on any atom is 0.269 e. The van der Waals surface area contributed by atoms with Crippen molar-refractivity contribution in [1.82, 2.24) is 4.98 Å². The average Bonchev–Trinajstić information content (AvgIpc) is 3.45. The molecule has 1 saturated carbocycles. The molecule has 29 heavy (non-hydrogen) atoms. The lowest BCUT2D eigenvalue weighted by Gasteiger charge is -2.17. The third-order valence-corrected chi connectivity index (χ3v) is 5.74. The highest BCUT2D eigenvalue weighted by molar-refractivity contribution is 5.94. The Kier molecular flexibility index (Phi) is 4.02. The van der Waals surface area contributed by atoms with Crippen LogP contribution in [0.25, 0.3) is 10.9 Å². The summed E-state index contributed by atoms with van der Waals surface area (Å²) >= 11 is 0. The van der Waals surface area contributed by atoms with Gasteiger partial charge >= 0.3 is 0 Å². The molecule has 1 fully saturated rings. The van der Waals surface area contributed by atoms with E-state index in [1.807, 2.05) is 60.7 Å². The molecule has 0 saturated heterocycles. The molecule has 0 unspecified atom stereocenters. The van der Waals surface area contributed by atoms with Crippen molar-refractivity contribution < 1.29 is 9.90 Å². The minimum absolute atomic E-state index is 0.0871. The van der Waals surface area contributed by atoms with E-state index in [1.165, 1.54) is 0 Å². The molecular formula is C24H19N3O2. The molecule has 142 valence electrons. The fourth-order valence-corrected chi connectivity index (χ4v) is 4.22. The van der Waals surface area contributed by atoms with Crippen molar-refractivity contribution in [1.29, 1.82) is 0 Å². The number of rotatable bonds is 4. The van der Waals surface area contributed by atoms with Gasteiger partial charge in [-0.15, -0.1) is 10.2 Å². The van der Waals surface area contributed by atoms with Crippen molar-refractivity contribution in [2.75, 3.05) is 0 Å². The van der Waals surface area contributed by atoms with Crippen LogP contribution in [0.5, 0.6) is 5.88 Å². The van der Waals surface area contributed by atoms with E-state index in [4.69, 9.17) is 0 Å². The first-order chi connectivity index (χ1) is 14.2. The molecule has 4 aromatic rings. The number of carbonyl (C=O) groups excluding carboxylic acids is 1. The highest BCUT2D eigenvalue weighted by atomic mass is 16.3. The Labute approximate surface area is 167 Å². The van der Waals surface area contributed by atoms with Crippen molar-refractivity contribution in [3.63, 3.8) is 0 Å². The van der Waals surface area contributed by atoms with Crippen LogP contribution in [0, 0.1) is 5.92 Å². The first-order valence-corrected chi connectivity index (χ1v) is 9.56. The third kappa shape index (κ3) is 2.83. The molecule has 5 rings (SSSR count). The summed E-state index contributed by atoms with van der Waals surface area (Å²) in [4.78, 5) is 15.8. The standard InChI is InChI=1S/C24H19N3O2/c28-22(27-26-21-18-13-7-8-14-20(18)25-23(21)29)19-15-24(19,16-9-3-1-4-10-16)17-11-5-2-6-12-17/h1-14,19,25,29H,15H2/t19-/m0/s1. The monoisotopic (exact) mass is 381 g/mol. The lowest BCUT2D eigenvalue weighted by molar-refractivity contribution is -0.119. The number of aromatic hydroxyl groups is 1. The largest absolute Gasteiger partial charge is 0.493 e. The van der Waals surface area contributed by atoms with Crippen LogP contribution in [0.1, 0.15) is 17.5 Å². The van der Waals surface area contributed by atoms with Crippen LogP contribution in [-0.4, -0.2) is 16.0 Å². The summed E-state index contributed by atoms with van der Waals surface area (Å²) in [5.74, 6) is -0.637. The van der Waals surface area contributed by atoms with Gasteiger partial charge in [0, 0.05) is 10.8 Å². The minimum Gasteiger partial charge on any atom is -0.493 e. The van der Waals surface area contributed by atoms with Crippen molar-refractivity contribution in [2.24, 2.45) is 16.1 Å². The number of nitrogens with one attached hydrogen (secondary N) is 1. The molecule has 0 bridgehead atoms. The molecule has 1 atom stereocenters. The number of amides is 1. The first-order valence-electron chi connectivity index (χ1n) is 9.56. The number of aromatic amines is 1. The van der Waals surface area contributed by atoms with Gasteiger partial charge in [0.25, 0.3) is 5.91 Å². The van der Waals surface area contributed by atoms with E-state index in [1.54, 1.807) is 0 Å². The Morgan fingerprint density at radius 1 is 0.897 bits per heavy atom. The predicted molar refractivity (Wildman–Crippen MR) is 111 cm³/mol. The lowest BCUT2D eigenvalue weighted by Crippen LogP contribution is -2.16. The molecule has 0 spiro atoms. The number of azo groups is 1. The van der Waals surface area contributed by atoms with Gasteiger partial charge < -0.3 is 10.1 Å². The van der Waals surface area contributed by atoms with Gasteiger partial charge in [-0.3, -0.25) is 4.79 Å². The van der Waals surface area contributed by atoms with Crippen LogP contribution >= 0.6 is 0 Å². The Hall–Kier alpha value is -3.73. The van der Waals surface area contributed by atoms with Crippen LogP contribution in [-0.2, 0) is 10.2 Å². The second-order valence-corrected chi connectivity index (χ2v) is 7.37. The highest BCUT2D eigenvalue weighted by Crippen LogP contribution is 2.59. The highest BCUT2D eigenvalue weighted by Gasteiger charge is 2.60. The summed E-state index contributed by atoms with van der Waals surface area (Å²) in [6.45, 7) is 0. The fourth-order valence-electron chi connectivity index (χ4n) is 4.22. The number of aromatic nitrogens is 1. The first kappa shape index (κ1) is 17.4. The van der Waals surface area contributed by atoms with Crippen molar-refractivity contribution in [3.05, 3.63) is 96.1 Å². The number of benzene rings is 3. The van der Waals surface area contributed by atoms with E-state index in [0.29, 0.717) is 12.1 Å². The van der Waals surface area contributed by atoms with Gasteiger partial charge in [-0.2, -0.15) is 0 Å². The molecule has 1 heterocycles. The smallest absolute Gasteiger partial charge is 0.269 e. The van der Waals surface area contributed by atoms with Crippen LogP contribution in [0.15, 0.2) is 95.2 Å². The number of carbonyl (C=O) groups is 1. The van der Waals surface area contributed by atoms with Gasteiger partial charge in [0.15, 0.2) is 5.69 Å². The van der Waals surface area contributed by atoms with Crippen molar-refractivity contribution >= 4 is 22.5 Å². The normalized spacial score (nSPS) is 17.6. The van der Waals surface area contributed by atoms with Gasteiger partial charge in [0.2, 0.25) is 5.88 Å². The van der Waals surface area contributed by atoms with E-state index < -0.39 is 0 Å². The Morgan fingerprint density at radius 3 is 2.14 bits per heavy atom. The van der Waals surface area contributed by atoms with Crippen LogP contribution in [0.3, 0.4) is 0 Å². The number of hydrogen-bond donors (Lipinski definition) is 2. The van der Waals surface area contributed by atoms with Crippen LogP contribution < -0.4 is 0 Å². The van der Waals surface area contributed by atoms with Gasteiger partial charge in [-0.05, 0) is 23.6 Å². The van der Waals surface area contributed by atoms with E-state index in [2.05, 4.69) is 39.5 Å². The number of H-pyrrole nitrogens is 1. The Balaban J connectivity index is 1.48. The average molecular weight is 381 g/mol. The van der Waals surface area contributed by atoms with Crippen molar-refractivity contribution in [2.45, 2.75) is 11.8 Å². The third-order valence-electron chi connectivity index (χ3n) is 5.74. The topological polar surface area (TPSA) is 77.8 Å². The SMILES string of the molecule is O=C(N=Nc1c(O)[nH]c2ccccc12)[C@@H]1CC1(c1ccccc1)c1ccccc1. The second kappa shape index (κ2) is 6.71. The molecule has 5 nitrogen and oxygen atoms in total. The second-order valence-electron chi connectivity index (χ2n) is 7.37. The van der Waals surface area contributed by atoms with E-state index >= 15 is 0 Å². The number of fused-ring (bicyclic) bond motifs is 1. The summed E-state index contributed by atoms with van der Waals surface area (Å²) in [6.07, 6.45) is 0.693. The summed E-state index contributed by atoms with van der Waals surface area (Å²) in [7, 11) is 0. The van der Waals surface area contributed by atoms with Gasteiger partial charge in [-0.1, -0.05) is 78.9 Å². The molecule has 1 amide bonds. The quantitative estimate of drug-likeness (QED) is 0.459. The van der Waals surface area contributed by atoms with E-state index in [9.17, 15) is 9.90 Å². The van der Waals surface area contributed by atoms with E-state index in [0.717, 1.165) is 22.0 Å². The van der Waals surface area contributed by atoms with Gasteiger partial charge in [-0.25, -0.2) is 0 Å². The zero-order chi connectivity index (χ0) is 19.8. The molecule has 0 aliphatic heterocycles. The molecule has 3 aromatic carbocycles. The Bertz CT molecular complexity index is 1170. The zero-order valence-corrected chi connectivity index (χ0v) is 15.6. The number of hydrogen-bond acceptors (Lipinski definition) is 3. The lowest BCUT2D eigenvalue weighted by atomic mass is 9.85. The molecule has 1 aliphatic rings. The zero-order valence-electron chi connectivity index (χ0n) is 15.6. The molecule has 5 heteroatoms.